The summed E-state index contributed by atoms with van der Waals surface area (Å²) in [4.78, 5) is 25.8. The van der Waals surface area contributed by atoms with Gasteiger partial charge in [-0.1, -0.05) is 0 Å². The first-order valence-corrected chi connectivity index (χ1v) is 7.79. The van der Waals surface area contributed by atoms with Gasteiger partial charge in [0.1, 0.15) is 5.82 Å². The molecule has 3 rings (SSSR count). The number of fused-ring (bicyclic) bond motifs is 1. The van der Waals surface area contributed by atoms with E-state index in [1.54, 1.807) is 0 Å². The summed E-state index contributed by atoms with van der Waals surface area (Å²) in [6, 6.07) is 3.90. The number of rotatable bonds is 2. The van der Waals surface area contributed by atoms with E-state index in [9.17, 15) is 19.1 Å². The molecule has 0 radical (unpaired) electrons. The van der Waals surface area contributed by atoms with Crippen LogP contribution < -0.4 is 0 Å². The summed E-state index contributed by atoms with van der Waals surface area (Å²) in [6.07, 6.45) is 0.390. The van der Waals surface area contributed by atoms with Crippen LogP contribution in [-0.2, 0) is 9.53 Å². The third kappa shape index (κ3) is 2.42. The second-order valence-electron chi connectivity index (χ2n) is 5.79. The molecule has 2 fully saturated rings. The van der Waals surface area contributed by atoms with Crippen molar-refractivity contribution in [3.05, 3.63) is 34.1 Å². The zero-order valence-electron chi connectivity index (χ0n) is 11.7. The Morgan fingerprint density at radius 2 is 2.23 bits per heavy atom. The van der Waals surface area contributed by atoms with Gasteiger partial charge in [-0.05, 0) is 40.5 Å². The molecule has 0 aromatic heterocycles. The molecular formula is C15H15BrFNO4. The largest absolute Gasteiger partial charge is 0.481 e. The van der Waals surface area contributed by atoms with Crippen molar-refractivity contribution in [2.24, 2.45) is 11.3 Å². The summed E-state index contributed by atoms with van der Waals surface area (Å²) >= 11 is 3.24. The lowest BCUT2D eigenvalue weighted by atomic mass is 9.74. The van der Waals surface area contributed by atoms with Gasteiger partial charge >= 0.3 is 5.97 Å². The summed E-state index contributed by atoms with van der Waals surface area (Å²) in [5.74, 6) is -1.98. The van der Waals surface area contributed by atoms with Crippen molar-refractivity contribution in [3.8, 4) is 0 Å². The van der Waals surface area contributed by atoms with Crippen molar-refractivity contribution in [2.75, 3.05) is 26.3 Å². The summed E-state index contributed by atoms with van der Waals surface area (Å²) < 4.78 is 19.2. The van der Waals surface area contributed by atoms with E-state index in [0.717, 1.165) is 0 Å². The number of ether oxygens (including phenoxy) is 1. The summed E-state index contributed by atoms with van der Waals surface area (Å²) in [6.45, 7) is 1.17. The molecule has 2 saturated heterocycles. The maximum absolute atomic E-state index is 13.4. The van der Waals surface area contributed by atoms with Crippen LogP contribution in [0.15, 0.2) is 22.7 Å². The maximum Gasteiger partial charge on any atom is 0.311 e. The number of hydrogen-bond donors (Lipinski definition) is 1. The number of carboxylic acids is 1. The van der Waals surface area contributed by atoms with Crippen molar-refractivity contribution in [1.82, 2.24) is 4.90 Å². The fraction of sp³-hybridized carbons (Fsp3) is 0.467. The zero-order valence-corrected chi connectivity index (χ0v) is 13.3. The lowest BCUT2D eigenvalue weighted by molar-refractivity contribution is -0.157. The number of aliphatic carboxylic acids is 1. The van der Waals surface area contributed by atoms with E-state index in [4.69, 9.17) is 4.74 Å². The van der Waals surface area contributed by atoms with Gasteiger partial charge in [-0.15, -0.1) is 0 Å². The molecule has 0 bridgehead atoms. The highest BCUT2D eigenvalue weighted by molar-refractivity contribution is 9.10. The predicted molar refractivity (Wildman–Crippen MR) is 79.0 cm³/mol. The van der Waals surface area contributed by atoms with Crippen molar-refractivity contribution in [2.45, 2.75) is 6.42 Å². The molecule has 0 saturated carbocycles. The molecule has 2 aliphatic heterocycles. The number of benzene rings is 1. The minimum absolute atomic E-state index is 0.137. The molecule has 5 nitrogen and oxygen atoms in total. The van der Waals surface area contributed by atoms with Crippen LogP contribution >= 0.6 is 15.9 Å². The lowest BCUT2D eigenvalue weighted by Crippen LogP contribution is -2.45. The number of likely N-dealkylation sites (tertiary alicyclic amines) is 1. The molecule has 1 aromatic rings. The number of carbonyl (C=O) groups is 2. The normalized spacial score (nSPS) is 27.5. The molecule has 2 aliphatic rings. The maximum atomic E-state index is 13.4. The number of hydrogen-bond acceptors (Lipinski definition) is 3. The molecule has 2 atom stereocenters. The van der Waals surface area contributed by atoms with Crippen molar-refractivity contribution >= 4 is 27.8 Å². The molecule has 2 heterocycles. The average Bonchev–Trinajstić information content (AvgIpc) is 2.90. The van der Waals surface area contributed by atoms with Crippen LogP contribution in [-0.4, -0.2) is 48.2 Å². The second kappa shape index (κ2) is 5.62. The van der Waals surface area contributed by atoms with Crippen LogP contribution in [0.4, 0.5) is 4.39 Å². The van der Waals surface area contributed by atoms with Gasteiger partial charge in [0.15, 0.2) is 0 Å². The van der Waals surface area contributed by atoms with E-state index < -0.39 is 17.2 Å². The molecule has 7 heteroatoms. The minimum atomic E-state index is -0.951. The van der Waals surface area contributed by atoms with Gasteiger partial charge in [-0.25, -0.2) is 4.39 Å². The highest BCUT2D eigenvalue weighted by Crippen LogP contribution is 2.43. The smallest absolute Gasteiger partial charge is 0.311 e. The highest BCUT2D eigenvalue weighted by Gasteiger charge is 2.55. The number of amides is 1. The number of halogens is 2. The Bertz CT molecular complexity index is 638. The average molecular weight is 372 g/mol. The van der Waals surface area contributed by atoms with E-state index in [0.29, 0.717) is 30.7 Å². The number of carboxylic acid groups (broad SMARTS) is 1. The first-order valence-electron chi connectivity index (χ1n) is 6.99. The van der Waals surface area contributed by atoms with Gasteiger partial charge < -0.3 is 14.7 Å². The second-order valence-corrected chi connectivity index (χ2v) is 6.65. The Hall–Kier alpha value is -1.47. The van der Waals surface area contributed by atoms with Crippen LogP contribution in [0.5, 0.6) is 0 Å². The van der Waals surface area contributed by atoms with Crippen LogP contribution in [0.25, 0.3) is 0 Å². The van der Waals surface area contributed by atoms with E-state index in [2.05, 4.69) is 15.9 Å². The molecule has 0 aliphatic carbocycles. The number of nitrogens with zero attached hydrogens (tertiary/aromatic N) is 1. The molecule has 1 N–H and O–H groups in total. The van der Waals surface area contributed by atoms with E-state index >= 15 is 0 Å². The summed E-state index contributed by atoms with van der Waals surface area (Å²) in [7, 11) is 0. The third-order valence-corrected chi connectivity index (χ3v) is 5.27. The van der Waals surface area contributed by atoms with Gasteiger partial charge in [0.2, 0.25) is 0 Å². The van der Waals surface area contributed by atoms with Crippen LogP contribution in [0.1, 0.15) is 16.8 Å². The number of carbonyl (C=O) groups excluding carboxylic acids is 1. The molecule has 22 heavy (non-hydrogen) atoms. The van der Waals surface area contributed by atoms with E-state index in [1.165, 1.54) is 23.1 Å². The van der Waals surface area contributed by atoms with Crippen molar-refractivity contribution in [3.63, 3.8) is 0 Å². The quantitative estimate of drug-likeness (QED) is 0.864. The molecule has 1 aromatic carbocycles. The minimum Gasteiger partial charge on any atom is -0.481 e. The Morgan fingerprint density at radius 3 is 2.91 bits per heavy atom. The fourth-order valence-corrected chi connectivity index (χ4v) is 3.70. The van der Waals surface area contributed by atoms with E-state index in [1.807, 2.05) is 0 Å². The standard InChI is InChI=1S/C15H15BrFNO4/c16-12-2-1-10(17)5-11(12)13(19)18-6-9-7-22-4-3-15(9,8-18)14(20)21/h1-2,5,9H,3-4,6-8H2,(H,20,21)/t9-,15+/m0/s1. The Morgan fingerprint density at radius 1 is 1.45 bits per heavy atom. The first-order chi connectivity index (χ1) is 10.4. The Balaban J connectivity index is 1.89. The van der Waals surface area contributed by atoms with Crippen LogP contribution in [0.2, 0.25) is 0 Å². The zero-order chi connectivity index (χ0) is 15.9. The predicted octanol–water partition coefficient (Wildman–Crippen LogP) is 2.15. The monoisotopic (exact) mass is 371 g/mol. The Kier molecular flexibility index (Phi) is 3.94. The van der Waals surface area contributed by atoms with Crippen LogP contribution in [0.3, 0.4) is 0 Å². The molecule has 118 valence electrons. The first kappa shape index (κ1) is 15.4. The van der Waals surface area contributed by atoms with Crippen molar-refractivity contribution in [1.29, 1.82) is 0 Å². The van der Waals surface area contributed by atoms with Gasteiger partial charge in [0.25, 0.3) is 5.91 Å². The highest BCUT2D eigenvalue weighted by atomic mass is 79.9. The SMILES string of the molecule is O=C(c1cc(F)ccc1Br)N1C[C@H]2COCC[C@@]2(C(=O)O)C1. The molecule has 0 spiro atoms. The summed E-state index contributed by atoms with van der Waals surface area (Å²) in [5, 5.41) is 9.61. The van der Waals surface area contributed by atoms with Gasteiger partial charge in [-0.3, -0.25) is 9.59 Å². The third-order valence-electron chi connectivity index (χ3n) is 4.58. The van der Waals surface area contributed by atoms with E-state index in [-0.39, 0.29) is 23.9 Å². The molecule has 0 unspecified atom stereocenters. The molecular weight excluding hydrogens is 357 g/mol. The summed E-state index contributed by atoms with van der Waals surface area (Å²) in [5.41, 5.74) is -0.742. The van der Waals surface area contributed by atoms with Gasteiger partial charge in [0.05, 0.1) is 17.6 Å². The lowest BCUT2D eigenvalue weighted by Gasteiger charge is -2.33. The van der Waals surface area contributed by atoms with Crippen molar-refractivity contribution < 1.29 is 23.8 Å². The Labute approximate surface area is 135 Å². The fourth-order valence-electron chi connectivity index (χ4n) is 3.29. The topological polar surface area (TPSA) is 66.8 Å². The van der Waals surface area contributed by atoms with Gasteiger partial charge in [-0.2, -0.15) is 0 Å². The molecule has 1 amide bonds. The van der Waals surface area contributed by atoms with Gasteiger partial charge in [0, 0.05) is 30.1 Å². The van der Waals surface area contributed by atoms with Crippen LogP contribution in [0, 0.1) is 17.2 Å².